The number of thiophene rings is 1. The predicted molar refractivity (Wildman–Crippen MR) is 114 cm³/mol. The number of aliphatic hydroxyl groups is 1. The highest BCUT2D eigenvalue weighted by Crippen LogP contribution is 2.26. The topological polar surface area (TPSA) is 95.9 Å². The number of benzene rings is 1. The zero-order chi connectivity index (χ0) is 20.7. The number of hydrogen-bond donors (Lipinski definition) is 2. The fraction of sp³-hybridized carbons (Fsp3) is 0.389. The fourth-order valence-electron chi connectivity index (χ4n) is 2.41. The molecule has 0 saturated carbocycles. The Bertz CT molecular complexity index is 850. The molecule has 2 rings (SSSR count). The lowest BCUT2D eigenvalue weighted by atomic mass is 10.2. The Balaban J connectivity index is 1.93. The number of amides is 1. The second kappa shape index (κ2) is 10.1. The molecule has 1 amide bonds. The highest BCUT2D eigenvalue weighted by atomic mass is 32.2. The Morgan fingerprint density at radius 1 is 1.32 bits per heavy atom. The van der Waals surface area contributed by atoms with Crippen molar-refractivity contribution >= 4 is 44.7 Å². The minimum absolute atomic E-state index is 0.0210. The standard InChI is InChI=1S/C18H24N2O5S3/c1-13(16(11-21)26-3)19-17(22)12-25-15-8-6-14(7-9-15)20(2)28(23,24)18-5-4-10-27-18/h4-10,13,16,21H,11-12H2,1-3H3,(H,19,22)/t13-,16-/m1/s1. The summed E-state index contributed by atoms with van der Waals surface area (Å²) in [6.07, 6.45) is 1.87. The van der Waals surface area contributed by atoms with E-state index in [1.807, 2.05) is 13.2 Å². The van der Waals surface area contributed by atoms with Gasteiger partial charge >= 0.3 is 0 Å². The van der Waals surface area contributed by atoms with Crippen LogP contribution in [0.25, 0.3) is 0 Å². The number of hydrogen-bond acceptors (Lipinski definition) is 7. The Morgan fingerprint density at radius 3 is 2.54 bits per heavy atom. The molecule has 0 unspecified atom stereocenters. The Kier molecular flexibility index (Phi) is 8.17. The highest BCUT2D eigenvalue weighted by Gasteiger charge is 2.22. The first kappa shape index (κ1) is 22.5. The molecule has 7 nitrogen and oxygen atoms in total. The molecular formula is C18H24N2O5S3. The van der Waals surface area contributed by atoms with Gasteiger partial charge in [0.1, 0.15) is 9.96 Å². The Hall–Kier alpha value is -1.75. The van der Waals surface area contributed by atoms with E-state index in [2.05, 4.69) is 5.32 Å². The summed E-state index contributed by atoms with van der Waals surface area (Å²) in [6.45, 7) is 1.64. The van der Waals surface area contributed by atoms with Gasteiger partial charge in [0.15, 0.2) is 6.61 Å². The summed E-state index contributed by atoms with van der Waals surface area (Å²) in [6, 6.07) is 9.54. The number of rotatable bonds is 10. The molecule has 2 aromatic rings. The van der Waals surface area contributed by atoms with E-state index in [4.69, 9.17) is 4.74 Å². The van der Waals surface area contributed by atoms with E-state index in [0.29, 0.717) is 11.4 Å². The normalized spacial score (nSPS) is 13.6. The summed E-state index contributed by atoms with van der Waals surface area (Å²) in [7, 11) is -2.10. The van der Waals surface area contributed by atoms with E-state index in [0.717, 1.165) is 11.3 Å². The number of nitrogens with one attached hydrogen (secondary N) is 1. The zero-order valence-electron chi connectivity index (χ0n) is 15.9. The fourth-order valence-corrected chi connectivity index (χ4v) is 5.39. The predicted octanol–water partition coefficient (Wildman–Crippen LogP) is 2.18. The van der Waals surface area contributed by atoms with E-state index >= 15 is 0 Å². The molecule has 28 heavy (non-hydrogen) atoms. The lowest BCUT2D eigenvalue weighted by molar-refractivity contribution is -0.123. The van der Waals surface area contributed by atoms with Crippen molar-refractivity contribution in [1.29, 1.82) is 0 Å². The molecule has 0 spiro atoms. The van der Waals surface area contributed by atoms with Crippen molar-refractivity contribution < 1.29 is 23.1 Å². The molecule has 0 fully saturated rings. The Labute approximate surface area is 173 Å². The second-order valence-electron chi connectivity index (χ2n) is 6.00. The van der Waals surface area contributed by atoms with Gasteiger partial charge in [-0.05, 0) is 48.9 Å². The van der Waals surface area contributed by atoms with E-state index in [1.165, 1.54) is 23.1 Å². The molecule has 2 atom stereocenters. The average molecular weight is 445 g/mol. The van der Waals surface area contributed by atoms with Gasteiger partial charge in [0.05, 0.1) is 12.3 Å². The summed E-state index contributed by atoms with van der Waals surface area (Å²) >= 11 is 2.64. The largest absolute Gasteiger partial charge is 0.484 e. The minimum atomic E-state index is -3.59. The highest BCUT2D eigenvalue weighted by molar-refractivity contribution is 7.99. The number of aliphatic hydroxyl groups excluding tert-OH is 1. The molecule has 1 heterocycles. The van der Waals surface area contributed by atoms with Crippen LogP contribution in [0.3, 0.4) is 0 Å². The monoisotopic (exact) mass is 444 g/mol. The first-order valence-corrected chi connectivity index (χ1v) is 12.1. The third-order valence-electron chi connectivity index (χ3n) is 4.11. The van der Waals surface area contributed by atoms with Crippen LogP contribution in [0, 0.1) is 0 Å². The van der Waals surface area contributed by atoms with E-state index in [-0.39, 0.29) is 34.6 Å². The maximum atomic E-state index is 12.5. The van der Waals surface area contributed by atoms with Crippen LogP contribution in [0.2, 0.25) is 0 Å². The second-order valence-corrected chi connectivity index (χ2v) is 10.2. The number of carbonyl (C=O) groups excluding carboxylic acids is 1. The van der Waals surface area contributed by atoms with Crippen LogP contribution in [0.5, 0.6) is 5.75 Å². The molecule has 0 aliphatic carbocycles. The summed E-state index contributed by atoms with van der Waals surface area (Å²) in [5.74, 6) is 0.165. The number of ether oxygens (including phenoxy) is 1. The quantitative estimate of drug-likeness (QED) is 0.583. The Morgan fingerprint density at radius 2 is 2.00 bits per heavy atom. The van der Waals surface area contributed by atoms with Crippen molar-refractivity contribution in [2.24, 2.45) is 0 Å². The third-order valence-corrected chi connectivity index (χ3v) is 8.43. The molecule has 10 heteroatoms. The van der Waals surface area contributed by atoms with Crippen molar-refractivity contribution in [2.75, 3.05) is 30.8 Å². The first-order chi connectivity index (χ1) is 13.3. The van der Waals surface area contributed by atoms with Crippen LogP contribution in [0.15, 0.2) is 46.0 Å². The van der Waals surface area contributed by atoms with Gasteiger partial charge < -0.3 is 15.2 Å². The molecule has 1 aromatic heterocycles. The van der Waals surface area contributed by atoms with Crippen LogP contribution in [-0.4, -0.2) is 57.2 Å². The smallest absolute Gasteiger partial charge is 0.273 e. The minimum Gasteiger partial charge on any atom is -0.484 e. The molecule has 2 N–H and O–H groups in total. The molecule has 154 valence electrons. The van der Waals surface area contributed by atoms with Gasteiger partial charge in [-0.3, -0.25) is 9.10 Å². The number of anilines is 1. The summed E-state index contributed by atoms with van der Waals surface area (Å²) < 4.78 is 32.0. The maximum absolute atomic E-state index is 12.5. The van der Waals surface area contributed by atoms with Gasteiger partial charge in [-0.15, -0.1) is 11.3 Å². The van der Waals surface area contributed by atoms with Crippen molar-refractivity contribution in [3.05, 3.63) is 41.8 Å². The maximum Gasteiger partial charge on any atom is 0.273 e. The van der Waals surface area contributed by atoms with Crippen LogP contribution in [-0.2, 0) is 14.8 Å². The van der Waals surface area contributed by atoms with Gasteiger partial charge in [0, 0.05) is 18.3 Å². The van der Waals surface area contributed by atoms with Crippen molar-refractivity contribution in [1.82, 2.24) is 5.32 Å². The van der Waals surface area contributed by atoms with Crippen LogP contribution >= 0.6 is 23.1 Å². The molecule has 0 saturated heterocycles. The SMILES string of the molecule is CS[C@H](CO)[C@@H](C)NC(=O)COc1ccc(N(C)S(=O)(=O)c2cccs2)cc1. The number of nitrogens with zero attached hydrogens (tertiary/aromatic N) is 1. The van der Waals surface area contributed by atoms with E-state index < -0.39 is 10.0 Å². The number of sulfonamides is 1. The van der Waals surface area contributed by atoms with Crippen LogP contribution in [0.1, 0.15) is 6.92 Å². The number of thioether (sulfide) groups is 1. The van der Waals surface area contributed by atoms with E-state index in [1.54, 1.807) is 41.8 Å². The first-order valence-electron chi connectivity index (χ1n) is 8.48. The van der Waals surface area contributed by atoms with Gasteiger partial charge in [-0.25, -0.2) is 8.42 Å². The van der Waals surface area contributed by atoms with Crippen LogP contribution < -0.4 is 14.4 Å². The van der Waals surface area contributed by atoms with Gasteiger partial charge in [0.25, 0.3) is 15.9 Å². The molecule has 0 aliphatic rings. The zero-order valence-corrected chi connectivity index (χ0v) is 18.3. The summed E-state index contributed by atoms with van der Waals surface area (Å²) in [4.78, 5) is 12.0. The molecule has 1 aromatic carbocycles. The van der Waals surface area contributed by atoms with Gasteiger partial charge in [-0.1, -0.05) is 6.07 Å². The van der Waals surface area contributed by atoms with Crippen LogP contribution in [0.4, 0.5) is 5.69 Å². The van der Waals surface area contributed by atoms with Crippen molar-refractivity contribution in [3.8, 4) is 5.75 Å². The average Bonchev–Trinajstić information content (AvgIpc) is 3.23. The van der Waals surface area contributed by atoms with E-state index in [9.17, 15) is 18.3 Å². The number of carbonyl (C=O) groups is 1. The third kappa shape index (κ3) is 5.63. The molecule has 0 radical (unpaired) electrons. The molecular weight excluding hydrogens is 420 g/mol. The summed E-state index contributed by atoms with van der Waals surface area (Å²) in [5.41, 5.74) is 0.490. The molecule has 0 bridgehead atoms. The lowest BCUT2D eigenvalue weighted by Crippen LogP contribution is -2.43. The van der Waals surface area contributed by atoms with Gasteiger partial charge in [0.2, 0.25) is 0 Å². The lowest BCUT2D eigenvalue weighted by Gasteiger charge is -2.21. The van der Waals surface area contributed by atoms with Gasteiger partial charge in [-0.2, -0.15) is 11.8 Å². The molecule has 0 aliphatic heterocycles. The van der Waals surface area contributed by atoms with Crippen molar-refractivity contribution in [2.45, 2.75) is 22.4 Å². The summed E-state index contributed by atoms with van der Waals surface area (Å²) in [5, 5.41) is 13.7. The van der Waals surface area contributed by atoms with Crippen molar-refractivity contribution in [3.63, 3.8) is 0 Å².